The minimum absolute atomic E-state index is 0.00959. The Hall–Kier alpha value is -1.33. The molecule has 92 valence electrons. The second-order valence-corrected chi connectivity index (χ2v) is 4.60. The van der Waals surface area contributed by atoms with E-state index in [1.807, 2.05) is 4.90 Å². The number of hydrogen-bond acceptors (Lipinski definition) is 4. The molecule has 0 saturated carbocycles. The Labute approximate surface area is 104 Å². The van der Waals surface area contributed by atoms with E-state index < -0.39 is 4.92 Å². The van der Waals surface area contributed by atoms with Crippen molar-refractivity contribution in [2.75, 3.05) is 18.0 Å². The van der Waals surface area contributed by atoms with E-state index in [0.29, 0.717) is 5.69 Å². The molecular formula is C11H14ClN3O2. The van der Waals surface area contributed by atoms with Crippen molar-refractivity contribution in [2.24, 2.45) is 5.73 Å². The highest BCUT2D eigenvalue weighted by atomic mass is 35.5. The number of hydrogen-bond donors (Lipinski definition) is 1. The van der Waals surface area contributed by atoms with Crippen LogP contribution in [0.25, 0.3) is 0 Å². The molecule has 0 radical (unpaired) electrons. The third-order valence-corrected chi connectivity index (χ3v) is 3.33. The van der Waals surface area contributed by atoms with E-state index in [1.54, 1.807) is 18.2 Å². The van der Waals surface area contributed by atoms with Gasteiger partial charge in [-0.05, 0) is 25.0 Å². The van der Waals surface area contributed by atoms with Gasteiger partial charge in [0.05, 0.1) is 4.92 Å². The Morgan fingerprint density at radius 3 is 2.65 bits per heavy atom. The van der Waals surface area contributed by atoms with Crippen molar-refractivity contribution < 1.29 is 4.92 Å². The molecule has 1 aliphatic rings. The molecule has 1 aromatic rings. The molecular weight excluding hydrogens is 242 g/mol. The van der Waals surface area contributed by atoms with Crippen LogP contribution in [0.3, 0.4) is 0 Å². The number of piperidine rings is 1. The smallest absolute Gasteiger partial charge is 0.310 e. The number of rotatable bonds is 2. The first-order valence-corrected chi connectivity index (χ1v) is 5.91. The average molecular weight is 256 g/mol. The summed E-state index contributed by atoms with van der Waals surface area (Å²) < 4.78 is 0. The van der Waals surface area contributed by atoms with Crippen LogP contribution in [0.2, 0.25) is 5.02 Å². The molecule has 2 rings (SSSR count). The lowest BCUT2D eigenvalue weighted by Crippen LogP contribution is -2.39. The highest BCUT2D eigenvalue weighted by molar-refractivity contribution is 6.33. The first-order valence-electron chi connectivity index (χ1n) is 5.53. The first kappa shape index (κ1) is 12.1. The summed E-state index contributed by atoms with van der Waals surface area (Å²) in [6.07, 6.45) is 1.70. The number of nitro benzene ring substituents is 1. The first-order chi connectivity index (χ1) is 8.09. The van der Waals surface area contributed by atoms with Gasteiger partial charge in [0.2, 0.25) is 0 Å². The van der Waals surface area contributed by atoms with E-state index in [0.717, 1.165) is 25.9 Å². The van der Waals surface area contributed by atoms with Crippen LogP contribution in [0.5, 0.6) is 0 Å². The van der Waals surface area contributed by atoms with E-state index in [-0.39, 0.29) is 16.8 Å². The summed E-state index contributed by atoms with van der Waals surface area (Å²) in [4.78, 5) is 12.6. The van der Waals surface area contributed by atoms with Crippen molar-refractivity contribution in [3.8, 4) is 0 Å². The van der Waals surface area contributed by atoms with Gasteiger partial charge in [-0.15, -0.1) is 0 Å². The summed E-state index contributed by atoms with van der Waals surface area (Å²) in [5.41, 5.74) is 6.40. The fraction of sp³-hybridized carbons (Fsp3) is 0.455. The Kier molecular flexibility index (Phi) is 3.49. The molecule has 0 aliphatic carbocycles. The highest BCUT2D eigenvalue weighted by Crippen LogP contribution is 2.35. The molecule has 2 N–H and O–H groups in total. The third-order valence-electron chi connectivity index (χ3n) is 3.03. The maximum Gasteiger partial charge on any atom is 0.310 e. The number of nitro groups is 1. The Bertz CT molecular complexity index is 431. The molecule has 0 atom stereocenters. The standard InChI is InChI=1S/C11H14ClN3O2/c12-9-2-1-3-10(11(9)15(16)17)14-6-4-8(13)5-7-14/h1-3,8H,4-7,13H2. The van der Waals surface area contributed by atoms with E-state index in [4.69, 9.17) is 17.3 Å². The monoisotopic (exact) mass is 255 g/mol. The normalized spacial score (nSPS) is 17.2. The van der Waals surface area contributed by atoms with Gasteiger partial charge in [-0.3, -0.25) is 10.1 Å². The zero-order valence-electron chi connectivity index (χ0n) is 9.30. The van der Waals surface area contributed by atoms with Gasteiger partial charge in [-0.1, -0.05) is 17.7 Å². The molecule has 0 spiro atoms. The van der Waals surface area contributed by atoms with Gasteiger partial charge in [0.1, 0.15) is 10.7 Å². The summed E-state index contributed by atoms with van der Waals surface area (Å²) in [6.45, 7) is 1.48. The molecule has 5 nitrogen and oxygen atoms in total. The van der Waals surface area contributed by atoms with Crippen LogP contribution in [0, 0.1) is 10.1 Å². The van der Waals surface area contributed by atoms with Crippen LogP contribution < -0.4 is 10.6 Å². The van der Waals surface area contributed by atoms with Gasteiger partial charge in [-0.2, -0.15) is 0 Å². The minimum Gasteiger partial charge on any atom is -0.366 e. The van der Waals surface area contributed by atoms with Gasteiger partial charge in [0.15, 0.2) is 0 Å². The number of anilines is 1. The molecule has 6 heteroatoms. The molecule has 0 unspecified atom stereocenters. The number of halogens is 1. The van der Waals surface area contributed by atoms with Crippen LogP contribution in [-0.4, -0.2) is 24.1 Å². The minimum atomic E-state index is -0.424. The molecule has 1 saturated heterocycles. The van der Waals surface area contributed by atoms with Crippen LogP contribution in [-0.2, 0) is 0 Å². The SMILES string of the molecule is NC1CCN(c2cccc(Cl)c2[N+](=O)[O-])CC1. The summed E-state index contributed by atoms with van der Waals surface area (Å²) >= 11 is 5.88. The predicted octanol–water partition coefficient (Wildman–Crippen LogP) is 2.18. The second kappa shape index (κ2) is 4.89. The van der Waals surface area contributed by atoms with Gasteiger partial charge in [-0.25, -0.2) is 0 Å². The van der Waals surface area contributed by atoms with Gasteiger partial charge in [0.25, 0.3) is 0 Å². The Morgan fingerprint density at radius 2 is 2.06 bits per heavy atom. The number of para-hydroxylation sites is 1. The molecule has 1 fully saturated rings. The summed E-state index contributed by atoms with van der Waals surface area (Å²) in [7, 11) is 0. The van der Waals surface area contributed by atoms with Gasteiger partial charge in [0, 0.05) is 19.1 Å². The van der Waals surface area contributed by atoms with Crippen molar-refractivity contribution in [3.63, 3.8) is 0 Å². The third kappa shape index (κ3) is 2.50. The number of nitrogens with two attached hydrogens (primary N) is 1. The fourth-order valence-electron chi connectivity index (χ4n) is 2.08. The molecule has 1 aliphatic heterocycles. The summed E-state index contributed by atoms with van der Waals surface area (Å²) in [5.74, 6) is 0. The fourth-order valence-corrected chi connectivity index (χ4v) is 2.32. The van der Waals surface area contributed by atoms with Gasteiger partial charge >= 0.3 is 5.69 Å². The molecule has 17 heavy (non-hydrogen) atoms. The lowest BCUT2D eigenvalue weighted by molar-refractivity contribution is -0.384. The Morgan fingerprint density at radius 1 is 1.41 bits per heavy atom. The number of benzene rings is 1. The van der Waals surface area contributed by atoms with Crippen molar-refractivity contribution in [2.45, 2.75) is 18.9 Å². The highest BCUT2D eigenvalue weighted by Gasteiger charge is 2.25. The van der Waals surface area contributed by atoms with Crippen molar-refractivity contribution in [1.82, 2.24) is 0 Å². The quantitative estimate of drug-likeness (QED) is 0.649. The lowest BCUT2D eigenvalue weighted by atomic mass is 10.1. The molecule has 1 aromatic carbocycles. The largest absolute Gasteiger partial charge is 0.366 e. The molecule has 1 heterocycles. The van der Waals surface area contributed by atoms with Crippen LogP contribution >= 0.6 is 11.6 Å². The van der Waals surface area contributed by atoms with Gasteiger partial charge < -0.3 is 10.6 Å². The average Bonchev–Trinajstić information content (AvgIpc) is 2.29. The van der Waals surface area contributed by atoms with Crippen molar-refractivity contribution in [3.05, 3.63) is 33.3 Å². The van der Waals surface area contributed by atoms with Crippen molar-refractivity contribution >= 4 is 23.0 Å². The van der Waals surface area contributed by atoms with Crippen LogP contribution in [0.4, 0.5) is 11.4 Å². The van der Waals surface area contributed by atoms with Crippen molar-refractivity contribution in [1.29, 1.82) is 0 Å². The van der Waals surface area contributed by atoms with Crippen LogP contribution in [0.15, 0.2) is 18.2 Å². The summed E-state index contributed by atoms with van der Waals surface area (Å²) in [5, 5.41) is 11.2. The van der Waals surface area contributed by atoms with Crippen LogP contribution in [0.1, 0.15) is 12.8 Å². The molecule has 0 bridgehead atoms. The predicted molar refractivity (Wildman–Crippen MR) is 67.5 cm³/mol. The summed E-state index contributed by atoms with van der Waals surface area (Å²) in [6, 6.07) is 5.21. The van der Waals surface area contributed by atoms with E-state index in [1.165, 1.54) is 0 Å². The van der Waals surface area contributed by atoms with E-state index in [2.05, 4.69) is 0 Å². The molecule has 0 amide bonds. The molecule has 0 aromatic heterocycles. The lowest BCUT2D eigenvalue weighted by Gasteiger charge is -2.31. The maximum atomic E-state index is 11.0. The Balaban J connectivity index is 2.32. The maximum absolute atomic E-state index is 11.0. The number of nitrogens with zero attached hydrogens (tertiary/aromatic N) is 2. The zero-order chi connectivity index (χ0) is 12.4. The van der Waals surface area contributed by atoms with E-state index >= 15 is 0 Å². The topological polar surface area (TPSA) is 72.4 Å². The van der Waals surface area contributed by atoms with E-state index in [9.17, 15) is 10.1 Å². The second-order valence-electron chi connectivity index (χ2n) is 4.19. The zero-order valence-corrected chi connectivity index (χ0v) is 10.1.